The number of ketones is 1. The molecule has 1 heteroatoms. The third-order valence-corrected chi connectivity index (χ3v) is 4.13. The molecule has 0 saturated heterocycles. The van der Waals surface area contributed by atoms with Crippen LogP contribution in [0.3, 0.4) is 0 Å². The Kier molecular flexibility index (Phi) is 3.06. The maximum Gasteiger partial charge on any atom is 0.157 e. The fourth-order valence-electron chi connectivity index (χ4n) is 3.24. The number of benzene rings is 2. The Morgan fingerprint density at radius 2 is 1.70 bits per heavy atom. The van der Waals surface area contributed by atoms with Crippen LogP contribution in [0.25, 0.3) is 5.57 Å². The van der Waals surface area contributed by atoms with Gasteiger partial charge in [0.2, 0.25) is 0 Å². The molecule has 0 fully saturated rings. The van der Waals surface area contributed by atoms with Crippen LogP contribution in [0.1, 0.15) is 42.0 Å². The number of Topliss-reactive ketones (excluding diaryl/α,β-unsaturated/α-hetero) is 1. The third-order valence-electron chi connectivity index (χ3n) is 4.13. The van der Waals surface area contributed by atoms with E-state index in [1.807, 2.05) is 18.2 Å². The summed E-state index contributed by atoms with van der Waals surface area (Å²) >= 11 is 0. The maximum absolute atomic E-state index is 12.1. The summed E-state index contributed by atoms with van der Waals surface area (Å²) in [5.74, 6) is 0.258. The lowest BCUT2D eigenvalue weighted by Crippen LogP contribution is -2.07. The number of rotatable bonds is 2. The molecule has 0 radical (unpaired) electrons. The van der Waals surface area contributed by atoms with Gasteiger partial charge in [0.15, 0.2) is 5.78 Å². The van der Waals surface area contributed by atoms with Crippen molar-refractivity contribution in [2.45, 2.75) is 26.7 Å². The van der Waals surface area contributed by atoms with Gasteiger partial charge in [0.05, 0.1) is 0 Å². The Balaban J connectivity index is 2.26. The minimum Gasteiger partial charge on any atom is -0.295 e. The highest BCUT2D eigenvalue weighted by molar-refractivity contribution is 6.06. The Labute approximate surface area is 120 Å². The van der Waals surface area contributed by atoms with Crippen LogP contribution in [0.5, 0.6) is 0 Å². The fourth-order valence-corrected chi connectivity index (χ4v) is 3.24. The predicted molar refractivity (Wildman–Crippen MR) is 82.7 cm³/mol. The minimum absolute atomic E-state index is 0.0867. The molecule has 2 aromatic carbocycles. The lowest BCUT2D eigenvalue weighted by atomic mass is 9.86. The molecule has 0 aliphatic heterocycles. The summed E-state index contributed by atoms with van der Waals surface area (Å²) in [6, 6.07) is 16.8. The highest BCUT2D eigenvalue weighted by Crippen LogP contribution is 2.45. The van der Waals surface area contributed by atoms with Crippen LogP contribution in [0.2, 0.25) is 0 Å². The zero-order chi connectivity index (χ0) is 14.3. The summed E-state index contributed by atoms with van der Waals surface area (Å²) in [5, 5.41) is 0. The summed E-state index contributed by atoms with van der Waals surface area (Å²) in [4.78, 5) is 12.1. The van der Waals surface area contributed by atoms with Crippen LogP contribution in [-0.4, -0.2) is 5.78 Å². The Morgan fingerprint density at radius 3 is 2.35 bits per heavy atom. The molecule has 1 atom stereocenters. The average Bonchev–Trinajstić information content (AvgIpc) is 2.72. The van der Waals surface area contributed by atoms with Gasteiger partial charge in [-0.05, 0) is 43.0 Å². The van der Waals surface area contributed by atoms with Crippen molar-refractivity contribution >= 4 is 11.4 Å². The van der Waals surface area contributed by atoms with E-state index in [1.165, 1.54) is 22.3 Å². The first-order valence-corrected chi connectivity index (χ1v) is 6.97. The number of carbonyl (C=O) groups is 1. The number of hydrogen-bond donors (Lipinski definition) is 0. The van der Waals surface area contributed by atoms with E-state index in [0.717, 1.165) is 11.1 Å². The summed E-state index contributed by atoms with van der Waals surface area (Å²) in [7, 11) is 0. The quantitative estimate of drug-likeness (QED) is 0.778. The standard InChI is InChI=1S/C19H18O/c1-12-9-10-16-13(2)18(14(3)20)19(17(16)11-12)15-7-5-4-6-8-15/h4-11,19H,1-3H3. The van der Waals surface area contributed by atoms with Crippen LogP contribution in [-0.2, 0) is 4.79 Å². The third kappa shape index (κ3) is 1.90. The molecule has 1 aliphatic carbocycles. The van der Waals surface area contributed by atoms with Crippen LogP contribution < -0.4 is 0 Å². The Hall–Kier alpha value is -2.15. The van der Waals surface area contributed by atoms with Gasteiger partial charge in [0, 0.05) is 11.5 Å². The topological polar surface area (TPSA) is 17.1 Å². The van der Waals surface area contributed by atoms with Gasteiger partial charge < -0.3 is 0 Å². The first-order chi connectivity index (χ1) is 9.59. The number of aryl methyl sites for hydroxylation is 1. The van der Waals surface area contributed by atoms with Gasteiger partial charge in [-0.3, -0.25) is 4.79 Å². The van der Waals surface area contributed by atoms with Crippen molar-refractivity contribution in [3.8, 4) is 0 Å². The molecule has 0 bridgehead atoms. The normalized spacial score (nSPS) is 17.2. The molecule has 2 aromatic rings. The molecule has 1 unspecified atom stereocenters. The van der Waals surface area contributed by atoms with Crippen molar-refractivity contribution in [3.63, 3.8) is 0 Å². The van der Waals surface area contributed by atoms with Crippen LogP contribution in [0, 0.1) is 6.92 Å². The monoisotopic (exact) mass is 262 g/mol. The SMILES string of the molecule is CC(=O)C1=C(C)c2ccc(C)cc2C1c1ccccc1. The molecule has 0 amide bonds. The van der Waals surface area contributed by atoms with Crippen molar-refractivity contribution in [1.82, 2.24) is 0 Å². The van der Waals surface area contributed by atoms with Gasteiger partial charge >= 0.3 is 0 Å². The van der Waals surface area contributed by atoms with Crippen LogP contribution >= 0.6 is 0 Å². The summed E-state index contributed by atoms with van der Waals surface area (Å²) in [6.45, 7) is 5.84. The van der Waals surface area contributed by atoms with Gasteiger partial charge in [0.1, 0.15) is 0 Å². The number of allylic oxidation sites excluding steroid dienone is 2. The van der Waals surface area contributed by atoms with Crippen molar-refractivity contribution in [2.75, 3.05) is 0 Å². The van der Waals surface area contributed by atoms with Gasteiger partial charge in [-0.25, -0.2) is 0 Å². The molecule has 100 valence electrons. The second-order valence-electron chi connectivity index (χ2n) is 5.53. The van der Waals surface area contributed by atoms with Gasteiger partial charge in [-0.2, -0.15) is 0 Å². The highest BCUT2D eigenvalue weighted by atomic mass is 16.1. The molecule has 0 heterocycles. The van der Waals surface area contributed by atoms with Gasteiger partial charge in [-0.15, -0.1) is 0 Å². The zero-order valence-corrected chi connectivity index (χ0v) is 12.1. The molecule has 0 N–H and O–H groups in total. The van der Waals surface area contributed by atoms with E-state index in [9.17, 15) is 4.79 Å². The van der Waals surface area contributed by atoms with Crippen LogP contribution in [0.4, 0.5) is 0 Å². The molecule has 1 nitrogen and oxygen atoms in total. The smallest absolute Gasteiger partial charge is 0.157 e. The number of carbonyl (C=O) groups excluding carboxylic acids is 1. The molecule has 3 rings (SSSR count). The zero-order valence-electron chi connectivity index (χ0n) is 12.1. The summed E-state index contributed by atoms with van der Waals surface area (Å²) in [6.07, 6.45) is 0. The van der Waals surface area contributed by atoms with Gasteiger partial charge in [0.25, 0.3) is 0 Å². The van der Waals surface area contributed by atoms with Crippen molar-refractivity contribution < 1.29 is 4.79 Å². The summed E-state index contributed by atoms with van der Waals surface area (Å²) in [5.41, 5.74) is 6.98. The molecular formula is C19H18O. The fraction of sp³-hybridized carbons (Fsp3) is 0.211. The molecule has 0 saturated carbocycles. The number of hydrogen-bond acceptors (Lipinski definition) is 1. The highest BCUT2D eigenvalue weighted by Gasteiger charge is 2.32. The Morgan fingerprint density at radius 1 is 1.00 bits per heavy atom. The van der Waals surface area contributed by atoms with E-state index in [2.05, 4.69) is 44.2 Å². The second kappa shape index (κ2) is 4.75. The van der Waals surface area contributed by atoms with E-state index in [1.54, 1.807) is 6.92 Å². The Bertz CT molecular complexity index is 708. The van der Waals surface area contributed by atoms with E-state index in [-0.39, 0.29) is 11.7 Å². The van der Waals surface area contributed by atoms with Gasteiger partial charge in [-0.1, -0.05) is 54.1 Å². The van der Waals surface area contributed by atoms with Crippen molar-refractivity contribution in [1.29, 1.82) is 0 Å². The minimum atomic E-state index is 0.0867. The van der Waals surface area contributed by atoms with E-state index < -0.39 is 0 Å². The predicted octanol–water partition coefficient (Wildman–Crippen LogP) is 4.50. The first-order valence-electron chi connectivity index (χ1n) is 6.97. The van der Waals surface area contributed by atoms with E-state index >= 15 is 0 Å². The second-order valence-corrected chi connectivity index (χ2v) is 5.53. The summed E-state index contributed by atoms with van der Waals surface area (Å²) < 4.78 is 0. The molecule has 0 spiro atoms. The van der Waals surface area contributed by atoms with Crippen molar-refractivity contribution in [3.05, 3.63) is 76.4 Å². The molecule has 1 aliphatic rings. The first kappa shape index (κ1) is 12.9. The lowest BCUT2D eigenvalue weighted by Gasteiger charge is -2.16. The molecule has 0 aromatic heterocycles. The largest absolute Gasteiger partial charge is 0.295 e. The maximum atomic E-state index is 12.1. The van der Waals surface area contributed by atoms with Crippen LogP contribution in [0.15, 0.2) is 54.1 Å². The molecular weight excluding hydrogens is 244 g/mol. The number of fused-ring (bicyclic) bond motifs is 1. The van der Waals surface area contributed by atoms with E-state index in [0.29, 0.717) is 0 Å². The lowest BCUT2D eigenvalue weighted by molar-refractivity contribution is -0.113. The van der Waals surface area contributed by atoms with E-state index in [4.69, 9.17) is 0 Å². The van der Waals surface area contributed by atoms with Crippen molar-refractivity contribution in [2.24, 2.45) is 0 Å². The average molecular weight is 262 g/mol. The molecule has 20 heavy (non-hydrogen) atoms.